The summed E-state index contributed by atoms with van der Waals surface area (Å²) < 4.78 is 15.0. The molecule has 1 aromatic heterocycles. The predicted octanol–water partition coefficient (Wildman–Crippen LogP) is 4.33. The second-order valence-corrected chi connectivity index (χ2v) is 10.8. The molecular formula is C28H44N4O4. The summed E-state index contributed by atoms with van der Waals surface area (Å²) in [4.78, 5) is 30.4. The maximum absolute atomic E-state index is 13.1. The molecule has 0 aliphatic carbocycles. The number of hydrogen-bond donors (Lipinski definition) is 0. The Morgan fingerprint density at radius 3 is 2.03 bits per heavy atom. The standard InChI is InChI=1S/C28H44N4O4/c1-8-19-35-23-9-11-24(12-10-23)36-28(6,7)13-14-29-15-17-30(18-16-29)25-20-26(33)32(22(4)5)27(34)31(25)21(2)3/h9-12,20-22H,8,13-19H2,1-7H3. The summed E-state index contributed by atoms with van der Waals surface area (Å²) in [7, 11) is 0. The largest absolute Gasteiger partial charge is 0.494 e. The number of ether oxygens (including phenoxy) is 2. The van der Waals surface area contributed by atoms with Gasteiger partial charge in [-0.3, -0.25) is 18.8 Å². The Kier molecular flexibility index (Phi) is 9.28. The van der Waals surface area contributed by atoms with Gasteiger partial charge in [-0.25, -0.2) is 4.79 Å². The lowest BCUT2D eigenvalue weighted by molar-refractivity contribution is 0.0819. The third-order valence-electron chi connectivity index (χ3n) is 6.60. The topological polar surface area (TPSA) is 68.9 Å². The van der Waals surface area contributed by atoms with Gasteiger partial charge in [0, 0.05) is 50.9 Å². The van der Waals surface area contributed by atoms with Gasteiger partial charge in [0.05, 0.1) is 6.61 Å². The first-order chi connectivity index (χ1) is 17.0. The van der Waals surface area contributed by atoms with Crippen molar-refractivity contribution in [3.8, 4) is 11.5 Å². The minimum atomic E-state index is -0.303. The maximum atomic E-state index is 13.1. The maximum Gasteiger partial charge on any atom is 0.333 e. The normalized spacial score (nSPS) is 15.1. The number of nitrogens with zero attached hydrogens (tertiary/aromatic N) is 4. The van der Waals surface area contributed by atoms with Crippen LogP contribution < -0.4 is 25.6 Å². The van der Waals surface area contributed by atoms with Crippen LogP contribution >= 0.6 is 0 Å². The van der Waals surface area contributed by atoms with E-state index in [0.717, 1.165) is 69.5 Å². The summed E-state index contributed by atoms with van der Waals surface area (Å²) in [5.41, 5.74) is -0.760. The van der Waals surface area contributed by atoms with Crippen LogP contribution in [0.1, 0.15) is 73.4 Å². The molecule has 1 fully saturated rings. The van der Waals surface area contributed by atoms with Gasteiger partial charge in [0.15, 0.2) is 0 Å². The van der Waals surface area contributed by atoms with Crippen molar-refractivity contribution in [3.05, 3.63) is 51.2 Å². The minimum absolute atomic E-state index is 0.0265. The summed E-state index contributed by atoms with van der Waals surface area (Å²) in [6.07, 6.45) is 1.88. The average molecular weight is 501 g/mol. The van der Waals surface area contributed by atoms with E-state index in [1.54, 1.807) is 10.6 Å². The molecule has 1 saturated heterocycles. The van der Waals surface area contributed by atoms with Crippen molar-refractivity contribution in [2.75, 3.05) is 44.2 Å². The molecule has 2 aromatic rings. The van der Waals surface area contributed by atoms with Gasteiger partial charge in [-0.15, -0.1) is 0 Å². The quantitative estimate of drug-likeness (QED) is 0.458. The first-order valence-corrected chi connectivity index (χ1v) is 13.3. The Morgan fingerprint density at radius 1 is 0.889 bits per heavy atom. The molecular weight excluding hydrogens is 456 g/mol. The molecule has 1 aromatic carbocycles. The first kappa shape index (κ1) is 27.8. The van der Waals surface area contributed by atoms with Gasteiger partial charge in [0.2, 0.25) is 0 Å². The summed E-state index contributed by atoms with van der Waals surface area (Å²) >= 11 is 0. The van der Waals surface area contributed by atoms with Crippen LogP contribution in [0, 0.1) is 0 Å². The number of benzene rings is 1. The van der Waals surface area contributed by atoms with Crippen molar-refractivity contribution in [1.82, 2.24) is 14.0 Å². The predicted molar refractivity (Wildman–Crippen MR) is 146 cm³/mol. The van der Waals surface area contributed by atoms with Gasteiger partial charge < -0.3 is 14.4 Å². The molecule has 0 radical (unpaired) electrons. The van der Waals surface area contributed by atoms with E-state index < -0.39 is 0 Å². The third kappa shape index (κ3) is 6.93. The zero-order valence-corrected chi connectivity index (χ0v) is 23.1. The molecule has 0 N–H and O–H groups in total. The highest BCUT2D eigenvalue weighted by Gasteiger charge is 2.26. The lowest BCUT2D eigenvalue weighted by Crippen LogP contribution is -2.51. The van der Waals surface area contributed by atoms with Crippen LogP contribution in [-0.2, 0) is 0 Å². The average Bonchev–Trinajstić information content (AvgIpc) is 2.81. The third-order valence-corrected chi connectivity index (χ3v) is 6.60. The Hall–Kier alpha value is -2.74. The van der Waals surface area contributed by atoms with Crippen molar-refractivity contribution >= 4 is 5.82 Å². The van der Waals surface area contributed by atoms with E-state index in [1.165, 1.54) is 4.57 Å². The molecule has 3 rings (SSSR count). The summed E-state index contributed by atoms with van der Waals surface area (Å²) in [5, 5.41) is 0. The molecule has 0 spiro atoms. The van der Waals surface area contributed by atoms with Gasteiger partial charge in [-0.2, -0.15) is 0 Å². The van der Waals surface area contributed by atoms with Gasteiger partial charge in [-0.05, 0) is 78.6 Å². The minimum Gasteiger partial charge on any atom is -0.494 e. The van der Waals surface area contributed by atoms with E-state index in [9.17, 15) is 9.59 Å². The molecule has 8 nitrogen and oxygen atoms in total. The zero-order valence-electron chi connectivity index (χ0n) is 23.1. The molecule has 0 amide bonds. The van der Waals surface area contributed by atoms with Crippen LogP contribution in [0.5, 0.6) is 11.5 Å². The van der Waals surface area contributed by atoms with Crippen LogP contribution in [-0.4, -0.2) is 59.0 Å². The first-order valence-electron chi connectivity index (χ1n) is 13.3. The molecule has 8 heteroatoms. The summed E-state index contributed by atoms with van der Waals surface area (Å²) in [5.74, 6) is 2.44. The van der Waals surface area contributed by atoms with Gasteiger partial charge in [-0.1, -0.05) is 6.92 Å². The van der Waals surface area contributed by atoms with Gasteiger partial charge >= 0.3 is 5.69 Å². The molecule has 0 bridgehead atoms. The smallest absolute Gasteiger partial charge is 0.333 e. The number of rotatable bonds is 11. The van der Waals surface area contributed by atoms with Gasteiger partial charge in [0.25, 0.3) is 5.56 Å². The van der Waals surface area contributed by atoms with E-state index in [-0.39, 0.29) is 28.9 Å². The Bertz CT molecular complexity index is 1090. The Balaban J connectivity index is 1.58. The zero-order chi connectivity index (χ0) is 26.5. The molecule has 1 aliphatic rings. The van der Waals surface area contributed by atoms with Crippen LogP contribution in [0.3, 0.4) is 0 Å². The van der Waals surface area contributed by atoms with Crippen molar-refractivity contribution in [2.45, 2.75) is 79.0 Å². The molecule has 36 heavy (non-hydrogen) atoms. The van der Waals surface area contributed by atoms with E-state index in [0.29, 0.717) is 0 Å². The van der Waals surface area contributed by atoms with Crippen LogP contribution in [0.25, 0.3) is 0 Å². The van der Waals surface area contributed by atoms with E-state index in [4.69, 9.17) is 9.47 Å². The SMILES string of the molecule is CCCOc1ccc(OC(C)(C)CCN2CCN(c3cc(=O)n(C(C)C)c(=O)n3C(C)C)CC2)cc1. The number of piperazine rings is 1. The fourth-order valence-electron chi connectivity index (χ4n) is 4.58. The van der Waals surface area contributed by atoms with Gasteiger partial charge in [0.1, 0.15) is 22.9 Å². The molecule has 2 heterocycles. The Labute approximate surface area is 215 Å². The van der Waals surface area contributed by atoms with Crippen molar-refractivity contribution in [1.29, 1.82) is 0 Å². The van der Waals surface area contributed by atoms with E-state index in [1.807, 2.05) is 52.0 Å². The van der Waals surface area contributed by atoms with Crippen LogP contribution in [0.2, 0.25) is 0 Å². The lowest BCUT2D eigenvalue weighted by atomic mass is 10.0. The second kappa shape index (κ2) is 12.0. The fraction of sp³-hybridized carbons (Fsp3) is 0.643. The lowest BCUT2D eigenvalue weighted by Gasteiger charge is -2.38. The number of anilines is 1. The fourth-order valence-corrected chi connectivity index (χ4v) is 4.58. The molecule has 0 unspecified atom stereocenters. The highest BCUT2D eigenvalue weighted by molar-refractivity contribution is 5.40. The number of aromatic nitrogens is 2. The molecule has 1 aliphatic heterocycles. The van der Waals surface area contributed by atoms with E-state index >= 15 is 0 Å². The van der Waals surface area contributed by atoms with Crippen molar-refractivity contribution in [3.63, 3.8) is 0 Å². The summed E-state index contributed by atoms with van der Waals surface area (Å²) in [6.45, 7) is 19.0. The molecule has 200 valence electrons. The van der Waals surface area contributed by atoms with Crippen molar-refractivity contribution < 1.29 is 9.47 Å². The highest BCUT2D eigenvalue weighted by atomic mass is 16.5. The van der Waals surface area contributed by atoms with Crippen LogP contribution in [0.4, 0.5) is 5.82 Å². The van der Waals surface area contributed by atoms with E-state index in [2.05, 4.69) is 30.6 Å². The highest BCUT2D eigenvalue weighted by Crippen LogP contribution is 2.25. The summed E-state index contributed by atoms with van der Waals surface area (Å²) in [6, 6.07) is 9.28. The molecule has 0 saturated carbocycles. The monoisotopic (exact) mass is 500 g/mol. The molecule has 0 atom stereocenters. The second-order valence-electron chi connectivity index (χ2n) is 10.8. The van der Waals surface area contributed by atoms with Crippen molar-refractivity contribution in [2.24, 2.45) is 0 Å². The Morgan fingerprint density at radius 2 is 1.47 bits per heavy atom. The number of hydrogen-bond acceptors (Lipinski definition) is 6. The van der Waals surface area contributed by atoms with Crippen LogP contribution in [0.15, 0.2) is 39.9 Å².